The highest BCUT2D eigenvalue weighted by Gasteiger charge is 2.39. The maximum absolute atomic E-state index is 15.0. The number of nitrogens with one attached hydrogen (secondary N) is 1. The first-order valence-electron chi connectivity index (χ1n) is 11.6. The molecular weight excluding hydrogens is 453 g/mol. The Balaban J connectivity index is 1.51. The Morgan fingerprint density at radius 3 is 2.77 bits per heavy atom. The Bertz CT molecular complexity index is 1390. The Kier molecular flexibility index (Phi) is 5.57. The number of hydrogen-bond acceptors (Lipinski definition) is 6. The van der Waals surface area contributed by atoms with Gasteiger partial charge in [0, 0.05) is 31.0 Å². The number of methoxy groups -OCH3 is 1. The predicted octanol–water partition coefficient (Wildman–Crippen LogP) is 3.29. The van der Waals surface area contributed by atoms with Gasteiger partial charge in [-0.2, -0.15) is 5.16 Å². The lowest BCUT2D eigenvalue weighted by molar-refractivity contribution is -0.123. The maximum Gasteiger partial charge on any atom is 0.293 e. The van der Waals surface area contributed by atoms with E-state index in [1.807, 2.05) is 19.9 Å². The number of pyridine rings is 1. The van der Waals surface area contributed by atoms with Crippen molar-refractivity contribution in [2.75, 3.05) is 13.7 Å². The minimum Gasteiger partial charge on any atom is -0.481 e. The van der Waals surface area contributed by atoms with Crippen LogP contribution in [-0.2, 0) is 29.5 Å². The van der Waals surface area contributed by atoms with Gasteiger partial charge in [0.05, 0.1) is 18.9 Å². The van der Waals surface area contributed by atoms with Gasteiger partial charge in [0.2, 0.25) is 11.6 Å². The molecule has 2 aliphatic rings. The Labute approximate surface area is 201 Å². The van der Waals surface area contributed by atoms with Gasteiger partial charge in [-0.05, 0) is 47.1 Å². The van der Waals surface area contributed by atoms with Crippen LogP contribution < -0.4 is 10.3 Å². The summed E-state index contributed by atoms with van der Waals surface area (Å²) in [5, 5.41) is 2.11. The SMILES string of the molecule is COc1ccc2c(n1)CCN(C(=O)c1cc(=O)[nH]o1)[C@@H]2C(=O)Cc1cc(F)c2c(c1)CCC2(C)C. The number of hydrogen-bond donors (Lipinski definition) is 1. The van der Waals surface area contributed by atoms with Crippen molar-refractivity contribution in [1.82, 2.24) is 15.0 Å². The predicted molar refractivity (Wildman–Crippen MR) is 124 cm³/mol. The van der Waals surface area contributed by atoms with E-state index >= 15 is 4.39 Å². The number of fused-ring (bicyclic) bond motifs is 2. The zero-order valence-corrected chi connectivity index (χ0v) is 19.8. The summed E-state index contributed by atoms with van der Waals surface area (Å²) in [6.45, 7) is 4.25. The molecule has 0 radical (unpaired) electrons. The maximum atomic E-state index is 15.0. The average molecular weight is 480 g/mol. The molecule has 0 saturated carbocycles. The lowest BCUT2D eigenvalue weighted by Gasteiger charge is -2.35. The summed E-state index contributed by atoms with van der Waals surface area (Å²) in [5.74, 6) is -0.922. The summed E-state index contributed by atoms with van der Waals surface area (Å²) in [6.07, 6.45) is 1.96. The number of benzene rings is 1. The molecule has 0 bridgehead atoms. The zero-order chi connectivity index (χ0) is 24.9. The van der Waals surface area contributed by atoms with Crippen LogP contribution in [0.2, 0.25) is 0 Å². The molecule has 5 rings (SSSR count). The molecule has 1 aromatic carbocycles. The largest absolute Gasteiger partial charge is 0.481 e. The summed E-state index contributed by atoms with van der Waals surface area (Å²) in [5.41, 5.74) is 2.66. The van der Waals surface area contributed by atoms with Crippen molar-refractivity contribution in [2.45, 2.75) is 51.0 Å². The molecule has 3 aromatic rings. The van der Waals surface area contributed by atoms with Crippen molar-refractivity contribution < 1.29 is 23.2 Å². The first-order chi connectivity index (χ1) is 16.7. The molecule has 1 amide bonds. The monoisotopic (exact) mass is 479 g/mol. The standard InChI is InChI=1S/C26H26FN3O5/c1-26(2)8-6-15-10-14(11-17(27)23(15)26)12-19(31)24-16-4-5-22(34-3)28-18(16)7-9-30(24)25(33)20-13-21(32)29-35-20/h4-5,10-11,13,24H,6-9,12H2,1-3H3,(H,29,32)/t24-/m0/s1. The third kappa shape index (κ3) is 4.05. The number of rotatable bonds is 5. The Morgan fingerprint density at radius 2 is 2.06 bits per heavy atom. The van der Waals surface area contributed by atoms with Gasteiger partial charge in [-0.3, -0.25) is 14.4 Å². The molecule has 2 aromatic heterocycles. The number of Topliss-reactive ketones (excluding diaryl/α,β-unsaturated/α-hetero) is 1. The fourth-order valence-corrected chi connectivity index (χ4v) is 5.33. The molecule has 3 heterocycles. The number of aryl methyl sites for hydroxylation is 1. The number of carbonyl (C=O) groups is 2. The van der Waals surface area contributed by atoms with Crippen LogP contribution in [0.5, 0.6) is 5.88 Å². The van der Waals surface area contributed by atoms with E-state index in [0.29, 0.717) is 34.7 Å². The van der Waals surface area contributed by atoms with Gasteiger partial charge in [0.15, 0.2) is 5.78 Å². The number of amides is 1. The van der Waals surface area contributed by atoms with Crippen molar-refractivity contribution in [1.29, 1.82) is 0 Å². The molecule has 1 aliphatic heterocycles. The fraction of sp³-hybridized carbons (Fsp3) is 0.385. The average Bonchev–Trinajstić information content (AvgIpc) is 3.39. The van der Waals surface area contributed by atoms with Crippen molar-refractivity contribution in [2.24, 2.45) is 0 Å². The number of H-pyrrole nitrogens is 1. The number of halogens is 1. The number of aromatic amines is 1. The third-order valence-corrected chi connectivity index (χ3v) is 7.00. The van der Waals surface area contributed by atoms with Crippen LogP contribution in [0.4, 0.5) is 4.39 Å². The van der Waals surface area contributed by atoms with Crippen molar-refractivity contribution in [3.63, 3.8) is 0 Å². The lowest BCUT2D eigenvalue weighted by atomic mass is 9.85. The minimum atomic E-state index is -0.961. The van der Waals surface area contributed by atoms with Crippen molar-refractivity contribution >= 4 is 11.7 Å². The molecule has 9 heteroatoms. The summed E-state index contributed by atoms with van der Waals surface area (Å²) < 4.78 is 25.3. The Hall–Kier alpha value is -3.75. The van der Waals surface area contributed by atoms with Crippen LogP contribution in [0.3, 0.4) is 0 Å². The highest BCUT2D eigenvalue weighted by atomic mass is 19.1. The molecule has 35 heavy (non-hydrogen) atoms. The Morgan fingerprint density at radius 1 is 1.26 bits per heavy atom. The van der Waals surface area contributed by atoms with Crippen LogP contribution in [-0.4, -0.2) is 40.4 Å². The first kappa shape index (κ1) is 23.0. The van der Waals surface area contributed by atoms with E-state index in [1.165, 1.54) is 18.1 Å². The molecule has 0 saturated heterocycles. The molecule has 1 atom stereocenters. The van der Waals surface area contributed by atoms with Crippen LogP contribution >= 0.6 is 0 Å². The second kappa shape index (κ2) is 8.48. The first-order valence-corrected chi connectivity index (χ1v) is 11.6. The number of aromatic nitrogens is 2. The number of carbonyl (C=O) groups excluding carboxylic acids is 2. The van der Waals surface area contributed by atoms with E-state index in [-0.39, 0.29) is 35.7 Å². The number of nitrogens with zero attached hydrogens (tertiary/aromatic N) is 2. The zero-order valence-electron chi connectivity index (χ0n) is 19.8. The van der Waals surface area contributed by atoms with E-state index in [9.17, 15) is 14.4 Å². The van der Waals surface area contributed by atoms with Crippen LogP contribution in [0, 0.1) is 5.82 Å². The van der Waals surface area contributed by atoms with Gasteiger partial charge in [-0.25, -0.2) is 9.37 Å². The van der Waals surface area contributed by atoms with Gasteiger partial charge in [0.25, 0.3) is 11.5 Å². The van der Waals surface area contributed by atoms with E-state index in [1.54, 1.807) is 12.1 Å². The molecule has 0 spiro atoms. The molecule has 0 unspecified atom stereocenters. The van der Waals surface area contributed by atoms with Gasteiger partial charge >= 0.3 is 0 Å². The van der Waals surface area contributed by atoms with Crippen molar-refractivity contribution in [3.8, 4) is 5.88 Å². The van der Waals surface area contributed by atoms with E-state index < -0.39 is 17.5 Å². The second-order valence-corrected chi connectivity index (χ2v) is 9.76. The van der Waals surface area contributed by atoms with E-state index in [2.05, 4.69) is 10.1 Å². The molecule has 0 fully saturated rings. The topological polar surface area (TPSA) is 106 Å². The summed E-state index contributed by atoms with van der Waals surface area (Å²) in [6, 6.07) is 6.79. The van der Waals surface area contributed by atoms with Crippen LogP contribution in [0.15, 0.2) is 39.6 Å². The fourth-order valence-electron chi connectivity index (χ4n) is 5.33. The molecule has 8 nitrogen and oxygen atoms in total. The molecule has 182 valence electrons. The quantitative estimate of drug-likeness (QED) is 0.602. The van der Waals surface area contributed by atoms with Crippen LogP contribution in [0.1, 0.15) is 64.8 Å². The van der Waals surface area contributed by atoms with Gasteiger partial charge in [-0.1, -0.05) is 19.9 Å². The normalized spacial score (nSPS) is 18.2. The lowest BCUT2D eigenvalue weighted by Crippen LogP contribution is -2.44. The minimum absolute atomic E-state index is 0.0539. The second-order valence-electron chi connectivity index (χ2n) is 9.76. The van der Waals surface area contributed by atoms with Crippen LogP contribution in [0.25, 0.3) is 0 Å². The number of ketones is 1. The summed E-state index contributed by atoms with van der Waals surface area (Å²) in [7, 11) is 1.51. The number of ether oxygens (including phenoxy) is 1. The van der Waals surface area contributed by atoms with E-state index in [4.69, 9.17) is 9.26 Å². The smallest absolute Gasteiger partial charge is 0.293 e. The molecular formula is C26H26FN3O5. The highest BCUT2D eigenvalue weighted by Crippen LogP contribution is 2.41. The van der Waals surface area contributed by atoms with E-state index in [0.717, 1.165) is 24.5 Å². The molecule has 1 N–H and O–H groups in total. The third-order valence-electron chi connectivity index (χ3n) is 7.00. The highest BCUT2D eigenvalue weighted by molar-refractivity contribution is 5.97. The summed E-state index contributed by atoms with van der Waals surface area (Å²) in [4.78, 5) is 44.3. The van der Waals surface area contributed by atoms with Gasteiger partial charge < -0.3 is 14.2 Å². The molecule has 1 aliphatic carbocycles. The van der Waals surface area contributed by atoms with Crippen molar-refractivity contribution in [3.05, 3.63) is 80.2 Å². The van der Waals surface area contributed by atoms with Gasteiger partial charge in [0.1, 0.15) is 11.9 Å². The van der Waals surface area contributed by atoms with Gasteiger partial charge in [-0.15, -0.1) is 0 Å². The summed E-state index contributed by atoms with van der Waals surface area (Å²) >= 11 is 0.